The molecule has 0 aliphatic carbocycles. The van der Waals surface area contributed by atoms with Crippen molar-refractivity contribution < 1.29 is 4.79 Å². The van der Waals surface area contributed by atoms with E-state index in [1.807, 2.05) is 11.8 Å². The molecule has 1 rings (SSSR count). The van der Waals surface area contributed by atoms with Crippen LogP contribution in [0.1, 0.15) is 46.0 Å². The number of amides is 1. The van der Waals surface area contributed by atoms with E-state index in [2.05, 4.69) is 24.5 Å². The highest BCUT2D eigenvalue weighted by atomic mass is 35.5. The number of nitrogens with one attached hydrogen (secondary N) is 2. The van der Waals surface area contributed by atoms with Crippen LogP contribution < -0.4 is 10.6 Å². The molecule has 2 unspecified atom stereocenters. The SMILES string of the molecule is CCCCC(CC)CNC(=O)CC1CSCCN1.Cl. The highest BCUT2D eigenvalue weighted by molar-refractivity contribution is 7.99. The Labute approximate surface area is 128 Å². The molecular formula is C14H29ClN2OS. The monoisotopic (exact) mass is 308 g/mol. The summed E-state index contributed by atoms with van der Waals surface area (Å²) in [5, 5.41) is 6.51. The largest absolute Gasteiger partial charge is 0.356 e. The van der Waals surface area contributed by atoms with Crippen LogP contribution in [-0.4, -0.2) is 36.5 Å². The van der Waals surface area contributed by atoms with E-state index in [4.69, 9.17) is 0 Å². The topological polar surface area (TPSA) is 41.1 Å². The Bertz CT molecular complexity index is 235. The molecule has 0 bridgehead atoms. The van der Waals surface area contributed by atoms with Gasteiger partial charge in [0.25, 0.3) is 0 Å². The predicted octanol–water partition coefficient (Wildman–Crippen LogP) is 2.84. The maximum absolute atomic E-state index is 11.8. The molecule has 1 heterocycles. The number of hydrogen-bond acceptors (Lipinski definition) is 3. The molecule has 114 valence electrons. The summed E-state index contributed by atoms with van der Waals surface area (Å²) in [5.41, 5.74) is 0. The first-order valence-electron chi connectivity index (χ1n) is 7.34. The van der Waals surface area contributed by atoms with Crippen LogP contribution >= 0.6 is 24.2 Å². The summed E-state index contributed by atoms with van der Waals surface area (Å²) in [4.78, 5) is 11.8. The van der Waals surface area contributed by atoms with Crippen LogP contribution in [0.2, 0.25) is 0 Å². The van der Waals surface area contributed by atoms with Crippen molar-refractivity contribution in [3.63, 3.8) is 0 Å². The molecule has 1 aliphatic rings. The first-order valence-corrected chi connectivity index (χ1v) is 8.49. The quantitative estimate of drug-likeness (QED) is 0.724. The van der Waals surface area contributed by atoms with Gasteiger partial charge in [0.15, 0.2) is 0 Å². The van der Waals surface area contributed by atoms with Crippen LogP contribution in [-0.2, 0) is 4.79 Å². The molecule has 5 heteroatoms. The van der Waals surface area contributed by atoms with E-state index in [1.165, 1.54) is 25.0 Å². The van der Waals surface area contributed by atoms with Crippen LogP contribution in [0.4, 0.5) is 0 Å². The second-order valence-corrected chi connectivity index (χ2v) is 6.30. The number of halogens is 1. The van der Waals surface area contributed by atoms with Gasteiger partial charge in [-0.2, -0.15) is 11.8 Å². The summed E-state index contributed by atoms with van der Waals surface area (Å²) < 4.78 is 0. The number of rotatable bonds is 8. The molecule has 19 heavy (non-hydrogen) atoms. The van der Waals surface area contributed by atoms with E-state index in [9.17, 15) is 4.79 Å². The van der Waals surface area contributed by atoms with Crippen LogP contribution in [0.3, 0.4) is 0 Å². The average Bonchev–Trinajstić information content (AvgIpc) is 2.40. The third-order valence-electron chi connectivity index (χ3n) is 3.56. The van der Waals surface area contributed by atoms with Crippen molar-refractivity contribution in [2.24, 2.45) is 5.92 Å². The number of carbonyl (C=O) groups excluding carboxylic acids is 1. The Morgan fingerprint density at radius 3 is 2.84 bits per heavy atom. The molecule has 1 fully saturated rings. The van der Waals surface area contributed by atoms with E-state index in [1.54, 1.807) is 0 Å². The lowest BCUT2D eigenvalue weighted by atomic mass is 9.99. The van der Waals surface area contributed by atoms with Crippen LogP contribution in [0.25, 0.3) is 0 Å². The minimum Gasteiger partial charge on any atom is -0.356 e. The van der Waals surface area contributed by atoms with Gasteiger partial charge in [-0.25, -0.2) is 0 Å². The van der Waals surface area contributed by atoms with Crippen molar-refractivity contribution in [3.05, 3.63) is 0 Å². The van der Waals surface area contributed by atoms with Gasteiger partial charge in [0.05, 0.1) is 0 Å². The second-order valence-electron chi connectivity index (χ2n) is 5.15. The zero-order chi connectivity index (χ0) is 13.2. The molecular weight excluding hydrogens is 280 g/mol. The van der Waals surface area contributed by atoms with Crippen molar-refractivity contribution >= 4 is 30.1 Å². The van der Waals surface area contributed by atoms with Crippen LogP contribution in [0.5, 0.6) is 0 Å². The molecule has 0 aromatic carbocycles. The van der Waals surface area contributed by atoms with Gasteiger partial charge in [0.1, 0.15) is 0 Å². The summed E-state index contributed by atoms with van der Waals surface area (Å²) in [6.45, 7) is 6.33. The summed E-state index contributed by atoms with van der Waals surface area (Å²) in [6.07, 6.45) is 5.56. The Morgan fingerprint density at radius 2 is 2.26 bits per heavy atom. The lowest BCUT2D eigenvalue weighted by Crippen LogP contribution is -2.42. The first kappa shape index (κ1) is 19.1. The van der Waals surface area contributed by atoms with E-state index in [0.29, 0.717) is 18.4 Å². The molecule has 0 spiro atoms. The normalized spacial score (nSPS) is 20.4. The lowest BCUT2D eigenvalue weighted by Gasteiger charge is -2.23. The maximum Gasteiger partial charge on any atom is 0.221 e. The molecule has 0 saturated carbocycles. The fourth-order valence-electron chi connectivity index (χ4n) is 2.25. The van der Waals surface area contributed by atoms with Gasteiger partial charge in [-0.1, -0.05) is 33.1 Å². The molecule has 0 aromatic heterocycles. The second kappa shape index (κ2) is 11.9. The van der Waals surface area contributed by atoms with Gasteiger partial charge in [-0.05, 0) is 12.3 Å². The standard InChI is InChI=1S/C14H28N2OS.ClH/c1-3-5-6-12(4-2)10-16-14(17)9-13-11-18-8-7-15-13;/h12-13,15H,3-11H2,1-2H3,(H,16,17);1H. The van der Waals surface area contributed by atoms with Gasteiger partial charge in [-0.15, -0.1) is 12.4 Å². The molecule has 1 aliphatic heterocycles. The summed E-state index contributed by atoms with van der Waals surface area (Å²) >= 11 is 1.94. The Hall–Kier alpha value is 0.0700. The van der Waals surface area contributed by atoms with Crippen molar-refractivity contribution in [1.82, 2.24) is 10.6 Å². The van der Waals surface area contributed by atoms with E-state index < -0.39 is 0 Å². The van der Waals surface area contributed by atoms with E-state index in [-0.39, 0.29) is 18.3 Å². The molecule has 0 aromatic rings. The number of thioether (sulfide) groups is 1. The minimum atomic E-state index is 0. The highest BCUT2D eigenvalue weighted by Gasteiger charge is 2.17. The predicted molar refractivity (Wildman–Crippen MR) is 87.3 cm³/mol. The Morgan fingerprint density at radius 1 is 1.47 bits per heavy atom. The summed E-state index contributed by atoms with van der Waals surface area (Å²) in [7, 11) is 0. The average molecular weight is 309 g/mol. The smallest absolute Gasteiger partial charge is 0.221 e. The fraction of sp³-hybridized carbons (Fsp3) is 0.929. The Balaban J connectivity index is 0.00000324. The molecule has 1 saturated heterocycles. The summed E-state index contributed by atoms with van der Waals surface area (Å²) in [5.74, 6) is 3.11. The van der Waals surface area contributed by atoms with Crippen molar-refractivity contribution in [2.75, 3.05) is 24.6 Å². The molecule has 0 radical (unpaired) electrons. The minimum absolute atomic E-state index is 0. The zero-order valence-electron chi connectivity index (χ0n) is 12.2. The van der Waals surface area contributed by atoms with E-state index in [0.717, 1.165) is 25.3 Å². The molecule has 3 nitrogen and oxygen atoms in total. The molecule has 2 atom stereocenters. The van der Waals surface area contributed by atoms with Gasteiger partial charge in [0.2, 0.25) is 5.91 Å². The van der Waals surface area contributed by atoms with Gasteiger partial charge in [-0.3, -0.25) is 4.79 Å². The zero-order valence-corrected chi connectivity index (χ0v) is 13.9. The number of hydrogen-bond donors (Lipinski definition) is 2. The fourth-order valence-corrected chi connectivity index (χ4v) is 3.20. The van der Waals surface area contributed by atoms with Crippen LogP contribution in [0, 0.1) is 5.92 Å². The molecule has 1 amide bonds. The van der Waals surface area contributed by atoms with Gasteiger partial charge < -0.3 is 10.6 Å². The van der Waals surface area contributed by atoms with Gasteiger partial charge in [0, 0.05) is 37.1 Å². The third kappa shape index (κ3) is 8.77. The van der Waals surface area contributed by atoms with Crippen molar-refractivity contribution in [1.29, 1.82) is 0 Å². The van der Waals surface area contributed by atoms with E-state index >= 15 is 0 Å². The van der Waals surface area contributed by atoms with Gasteiger partial charge >= 0.3 is 0 Å². The van der Waals surface area contributed by atoms with Crippen molar-refractivity contribution in [3.8, 4) is 0 Å². The number of carbonyl (C=O) groups is 1. The van der Waals surface area contributed by atoms with Crippen LogP contribution in [0.15, 0.2) is 0 Å². The lowest BCUT2D eigenvalue weighted by molar-refractivity contribution is -0.121. The first-order chi connectivity index (χ1) is 8.76. The summed E-state index contributed by atoms with van der Waals surface area (Å²) in [6, 6.07) is 0.375. The number of unbranched alkanes of at least 4 members (excludes halogenated alkanes) is 1. The highest BCUT2D eigenvalue weighted by Crippen LogP contribution is 2.12. The third-order valence-corrected chi connectivity index (χ3v) is 4.69. The van der Waals surface area contributed by atoms with Crippen molar-refractivity contribution in [2.45, 2.75) is 52.0 Å². The molecule has 2 N–H and O–H groups in total. The maximum atomic E-state index is 11.8. The Kier molecular flexibility index (Phi) is 11.9.